The number of esters is 1. The van der Waals surface area contributed by atoms with Crippen LogP contribution in [0.3, 0.4) is 0 Å². The van der Waals surface area contributed by atoms with E-state index >= 15 is 0 Å². The summed E-state index contributed by atoms with van der Waals surface area (Å²) in [5.41, 5.74) is 1.05. The summed E-state index contributed by atoms with van der Waals surface area (Å²) < 4.78 is 32.8. The van der Waals surface area contributed by atoms with Crippen LogP contribution in [0.1, 0.15) is 70.4 Å². The van der Waals surface area contributed by atoms with Gasteiger partial charge in [-0.3, -0.25) is 9.59 Å². The highest BCUT2D eigenvalue weighted by molar-refractivity contribution is 6.54. The van der Waals surface area contributed by atoms with Gasteiger partial charge in [0.1, 0.15) is 12.4 Å². The van der Waals surface area contributed by atoms with Crippen LogP contribution in [-0.4, -0.2) is 48.1 Å². The number of halogens is 1. The largest absolute Gasteiger partial charge is 0.435 e. The number of benzene rings is 2. The number of hydrogen-bond donors (Lipinski definition) is 0. The van der Waals surface area contributed by atoms with Crippen LogP contribution >= 0.6 is 0 Å². The molecule has 11 heteroatoms. The summed E-state index contributed by atoms with van der Waals surface area (Å²) in [6.45, 7) is 6.52. The highest BCUT2D eigenvalue weighted by Crippen LogP contribution is 2.60. The lowest BCUT2D eigenvalue weighted by Gasteiger charge is -2.59. The lowest BCUT2D eigenvalue weighted by Crippen LogP contribution is -2.70. The number of carbonyl (C=O) groups is 2. The third kappa shape index (κ3) is 5.33. The second-order valence-electron chi connectivity index (χ2n) is 13.2. The number of fused-ring (bicyclic) bond motifs is 3. The highest BCUT2D eigenvalue weighted by Gasteiger charge is 2.69. The predicted molar refractivity (Wildman–Crippen MR) is 159 cm³/mol. The SMILES string of the molecule is C[C@@H]1CC[C@H]2[C@@H](C)C(OC(=O)CCCN3C(=O)C(=NOCc4ccccc4)c4cc(F)ccc43)O[C@@H]3O[C@@]4(C)CC[C@@H]1[C@]32OO4. The molecular formula is C34H39FN2O8. The molecule has 2 aromatic carbocycles. The van der Waals surface area contributed by atoms with Crippen molar-refractivity contribution in [2.24, 2.45) is 28.8 Å². The first kappa shape index (κ1) is 30.3. The molecule has 10 nitrogen and oxygen atoms in total. The number of oxime groups is 1. The second kappa shape index (κ2) is 11.8. The molecule has 1 saturated carbocycles. The van der Waals surface area contributed by atoms with Crippen molar-refractivity contribution < 1.29 is 42.8 Å². The third-order valence-electron chi connectivity index (χ3n) is 10.3. The molecular weight excluding hydrogens is 583 g/mol. The average molecular weight is 623 g/mol. The average Bonchev–Trinajstić information content (AvgIpc) is 3.11. The van der Waals surface area contributed by atoms with Gasteiger partial charge in [0, 0.05) is 36.8 Å². The van der Waals surface area contributed by atoms with E-state index in [-0.39, 0.29) is 43.0 Å². The van der Waals surface area contributed by atoms with Crippen molar-refractivity contribution >= 4 is 23.3 Å². The minimum atomic E-state index is -0.914. The van der Waals surface area contributed by atoms with Crippen LogP contribution in [-0.2, 0) is 45.0 Å². The van der Waals surface area contributed by atoms with Gasteiger partial charge in [0.05, 0.1) is 5.69 Å². The normalized spacial score (nSPS) is 36.0. The Kier molecular flexibility index (Phi) is 7.92. The van der Waals surface area contributed by atoms with E-state index in [4.69, 9.17) is 28.8 Å². The van der Waals surface area contributed by atoms with Crippen molar-refractivity contribution in [1.29, 1.82) is 0 Å². The smallest absolute Gasteiger partial charge is 0.308 e. The fourth-order valence-corrected chi connectivity index (χ4v) is 7.92. The monoisotopic (exact) mass is 622 g/mol. The molecule has 5 heterocycles. The number of ether oxygens (including phenoxy) is 3. The first-order chi connectivity index (χ1) is 21.7. The lowest BCUT2D eigenvalue weighted by atomic mass is 9.58. The Balaban J connectivity index is 0.991. The molecule has 0 radical (unpaired) electrons. The van der Waals surface area contributed by atoms with Crippen LogP contribution in [0.4, 0.5) is 10.1 Å². The number of anilines is 1. The van der Waals surface area contributed by atoms with E-state index in [1.165, 1.54) is 17.0 Å². The van der Waals surface area contributed by atoms with Gasteiger partial charge in [-0.15, -0.1) is 0 Å². The molecule has 5 aliphatic heterocycles. The number of nitrogens with zero attached hydrogens (tertiary/aromatic N) is 2. The molecule has 2 aromatic rings. The zero-order chi connectivity index (χ0) is 31.3. The van der Waals surface area contributed by atoms with Crippen molar-refractivity contribution in [2.45, 2.75) is 89.9 Å². The molecule has 8 rings (SSSR count). The van der Waals surface area contributed by atoms with Crippen LogP contribution in [0.2, 0.25) is 0 Å². The van der Waals surface area contributed by atoms with Crippen LogP contribution in [0.5, 0.6) is 0 Å². The zero-order valence-electron chi connectivity index (χ0n) is 25.8. The number of rotatable bonds is 8. The van der Waals surface area contributed by atoms with Gasteiger partial charge in [0.25, 0.3) is 5.91 Å². The topological polar surface area (TPSA) is 105 Å². The van der Waals surface area contributed by atoms with E-state index in [2.05, 4.69) is 12.1 Å². The summed E-state index contributed by atoms with van der Waals surface area (Å²) in [6.07, 6.45) is 2.44. The molecule has 2 bridgehead atoms. The molecule has 0 N–H and O–H groups in total. The Morgan fingerprint density at radius 2 is 1.91 bits per heavy atom. The molecule has 0 aromatic heterocycles. The Hall–Kier alpha value is -3.38. The van der Waals surface area contributed by atoms with E-state index in [0.29, 0.717) is 30.0 Å². The van der Waals surface area contributed by atoms with E-state index < -0.39 is 41.7 Å². The summed E-state index contributed by atoms with van der Waals surface area (Å²) in [6, 6.07) is 13.5. The quantitative estimate of drug-likeness (QED) is 0.212. The molecule has 8 atom stereocenters. The molecule has 4 saturated heterocycles. The summed E-state index contributed by atoms with van der Waals surface area (Å²) in [5, 5.41) is 4.07. The van der Waals surface area contributed by atoms with Crippen LogP contribution in [0.25, 0.3) is 0 Å². The Morgan fingerprint density at radius 3 is 2.73 bits per heavy atom. The van der Waals surface area contributed by atoms with Gasteiger partial charge >= 0.3 is 5.97 Å². The van der Waals surface area contributed by atoms with Crippen molar-refractivity contribution in [1.82, 2.24) is 0 Å². The molecule has 1 aliphatic carbocycles. The Morgan fingerprint density at radius 1 is 1.09 bits per heavy atom. The highest BCUT2D eigenvalue weighted by atomic mass is 19.1. The summed E-state index contributed by atoms with van der Waals surface area (Å²) in [5.74, 6) is -1.69. The van der Waals surface area contributed by atoms with E-state index in [1.807, 2.05) is 44.2 Å². The molecule has 1 spiro atoms. The molecule has 240 valence electrons. The summed E-state index contributed by atoms with van der Waals surface area (Å²) in [7, 11) is 0. The maximum Gasteiger partial charge on any atom is 0.308 e. The third-order valence-corrected chi connectivity index (χ3v) is 10.3. The van der Waals surface area contributed by atoms with E-state index in [9.17, 15) is 14.0 Å². The van der Waals surface area contributed by atoms with Crippen molar-refractivity contribution in [3.8, 4) is 0 Å². The Labute approximate surface area is 261 Å². The van der Waals surface area contributed by atoms with Crippen molar-refractivity contribution in [3.05, 3.63) is 65.5 Å². The number of carbonyl (C=O) groups excluding carboxylic acids is 2. The second-order valence-corrected chi connectivity index (χ2v) is 13.2. The van der Waals surface area contributed by atoms with Gasteiger partial charge in [-0.25, -0.2) is 14.2 Å². The fraction of sp³-hybridized carbons (Fsp3) is 0.559. The van der Waals surface area contributed by atoms with Gasteiger partial charge in [-0.2, -0.15) is 0 Å². The fourth-order valence-electron chi connectivity index (χ4n) is 7.92. The maximum absolute atomic E-state index is 14.2. The van der Waals surface area contributed by atoms with Crippen molar-refractivity contribution in [3.63, 3.8) is 0 Å². The minimum Gasteiger partial charge on any atom is -0.435 e. The first-order valence-electron chi connectivity index (χ1n) is 15.9. The molecule has 5 fully saturated rings. The minimum absolute atomic E-state index is 0.0269. The standard InChI is InChI=1S/C34H39FN2O8/c1-20-11-13-26-21(2)31(42-32-34(26)25(20)15-16-33(3,43-32)44-45-34)41-28(38)10-7-17-37-27-14-12-23(35)18-24(27)29(30(37)39)36-40-19-22-8-5-4-6-9-22/h4-6,8-9,12,14,18,20-21,25-26,31-32H,7,10-11,13,15-17,19H2,1-3H3/t20-,21-,25+,26+,31?,32-,33-,34-/m1/s1. The van der Waals surface area contributed by atoms with Gasteiger partial charge in [0.2, 0.25) is 12.1 Å². The number of hydrogen-bond acceptors (Lipinski definition) is 9. The van der Waals surface area contributed by atoms with Gasteiger partial charge < -0.3 is 23.9 Å². The zero-order valence-corrected chi connectivity index (χ0v) is 25.8. The summed E-state index contributed by atoms with van der Waals surface area (Å²) in [4.78, 5) is 45.4. The van der Waals surface area contributed by atoms with Gasteiger partial charge in [-0.1, -0.05) is 49.3 Å². The van der Waals surface area contributed by atoms with Crippen LogP contribution in [0.15, 0.2) is 53.7 Å². The van der Waals surface area contributed by atoms with Crippen LogP contribution < -0.4 is 4.90 Å². The molecule has 1 unspecified atom stereocenters. The Bertz CT molecular complexity index is 1490. The first-order valence-corrected chi connectivity index (χ1v) is 15.9. The summed E-state index contributed by atoms with van der Waals surface area (Å²) >= 11 is 0. The van der Waals surface area contributed by atoms with Gasteiger partial charge in [0.15, 0.2) is 17.6 Å². The molecule has 45 heavy (non-hydrogen) atoms. The van der Waals surface area contributed by atoms with Crippen LogP contribution in [0, 0.1) is 29.5 Å². The molecule has 6 aliphatic rings. The lowest BCUT2D eigenvalue weighted by molar-refractivity contribution is -0.576. The van der Waals surface area contributed by atoms with Crippen molar-refractivity contribution in [2.75, 3.05) is 11.4 Å². The van der Waals surface area contributed by atoms with Gasteiger partial charge in [-0.05, 0) is 68.2 Å². The van der Waals surface area contributed by atoms with E-state index in [1.54, 1.807) is 6.07 Å². The number of amides is 1. The molecule has 1 amide bonds. The van der Waals surface area contributed by atoms with E-state index in [0.717, 1.165) is 24.8 Å². The predicted octanol–water partition coefficient (Wildman–Crippen LogP) is 5.62. The maximum atomic E-state index is 14.2.